The minimum absolute atomic E-state index is 0.195. The fourth-order valence-electron chi connectivity index (χ4n) is 1.74. The summed E-state index contributed by atoms with van der Waals surface area (Å²) in [4.78, 5) is 10.9. The molecule has 2 rings (SSSR count). The zero-order chi connectivity index (χ0) is 14.6. The predicted molar refractivity (Wildman–Crippen MR) is 72.7 cm³/mol. The van der Waals surface area contributed by atoms with Gasteiger partial charge in [-0.25, -0.2) is 0 Å². The lowest BCUT2D eigenvalue weighted by molar-refractivity contribution is -0.114. The zero-order valence-corrected chi connectivity index (χ0v) is 11.9. The van der Waals surface area contributed by atoms with E-state index in [1.54, 1.807) is 12.1 Å². The monoisotopic (exact) mass is 300 g/mol. The van der Waals surface area contributed by atoms with Gasteiger partial charge in [0.1, 0.15) is 5.75 Å². The van der Waals surface area contributed by atoms with Crippen LogP contribution >= 0.6 is 0 Å². The van der Waals surface area contributed by atoms with Crippen molar-refractivity contribution >= 4 is 21.9 Å². The normalized spacial score (nSPS) is 16.6. The topological polar surface area (TPSA) is 84.9 Å². The van der Waals surface area contributed by atoms with Crippen LogP contribution in [-0.4, -0.2) is 44.9 Å². The van der Waals surface area contributed by atoms with Crippen LogP contribution in [-0.2, 0) is 19.8 Å². The van der Waals surface area contributed by atoms with Crippen molar-refractivity contribution in [1.82, 2.24) is 4.31 Å². The molecule has 0 unspecified atom stereocenters. The van der Waals surface area contributed by atoms with Crippen LogP contribution in [0.15, 0.2) is 24.3 Å². The Kier molecular flexibility index (Phi) is 4.58. The van der Waals surface area contributed by atoms with Crippen molar-refractivity contribution in [3.63, 3.8) is 0 Å². The second-order valence-electron chi connectivity index (χ2n) is 4.26. The molecule has 0 spiro atoms. The number of hydrogen-bond donors (Lipinski definition) is 1. The van der Waals surface area contributed by atoms with Crippen molar-refractivity contribution < 1.29 is 22.1 Å². The number of ether oxygens (including phenoxy) is 1. The van der Waals surface area contributed by atoms with E-state index in [1.807, 2.05) is 0 Å². The van der Waals surface area contributed by atoms with Gasteiger partial charge in [-0.3, -0.25) is 4.79 Å². The lowest BCUT2D eigenvalue weighted by atomic mass is 10.3. The molecule has 1 amide bonds. The number of anilines is 1. The summed E-state index contributed by atoms with van der Waals surface area (Å²) in [7, 11) is -3.81. The molecule has 1 aromatic carbocycles. The van der Waals surface area contributed by atoms with Gasteiger partial charge in [-0.15, -0.1) is 0 Å². The maximum Gasteiger partial charge on any atom is 0.385 e. The molecule has 1 aliphatic rings. The number of amides is 1. The number of benzene rings is 1. The Hall–Kier alpha value is -1.64. The Balaban J connectivity index is 2.03. The van der Waals surface area contributed by atoms with E-state index in [4.69, 9.17) is 8.92 Å². The molecule has 0 aliphatic carbocycles. The average molecular weight is 300 g/mol. The number of nitrogens with one attached hydrogen (secondary N) is 1. The first-order valence-electron chi connectivity index (χ1n) is 6.12. The summed E-state index contributed by atoms with van der Waals surface area (Å²) >= 11 is 0. The second-order valence-corrected chi connectivity index (χ2v) is 5.80. The van der Waals surface area contributed by atoms with Crippen molar-refractivity contribution in [3.8, 4) is 5.75 Å². The fourth-order valence-corrected chi connectivity index (χ4v) is 2.80. The second kappa shape index (κ2) is 6.21. The third-order valence-electron chi connectivity index (χ3n) is 2.66. The predicted octanol–water partition coefficient (Wildman–Crippen LogP) is 0.601. The summed E-state index contributed by atoms with van der Waals surface area (Å²) in [6.07, 6.45) is 0. The summed E-state index contributed by atoms with van der Waals surface area (Å²) < 4.78 is 35.4. The zero-order valence-electron chi connectivity index (χ0n) is 11.0. The van der Waals surface area contributed by atoms with E-state index in [9.17, 15) is 13.2 Å². The van der Waals surface area contributed by atoms with Gasteiger partial charge in [0, 0.05) is 25.7 Å². The Morgan fingerprint density at radius 1 is 1.25 bits per heavy atom. The first kappa shape index (κ1) is 14.8. The van der Waals surface area contributed by atoms with Gasteiger partial charge in [0.05, 0.1) is 13.2 Å². The summed E-state index contributed by atoms with van der Waals surface area (Å²) in [5, 5.41) is 2.59. The van der Waals surface area contributed by atoms with Crippen molar-refractivity contribution in [2.45, 2.75) is 6.92 Å². The van der Waals surface area contributed by atoms with Gasteiger partial charge >= 0.3 is 10.3 Å². The fraction of sp³-hybridized carbons (Fsp3) is 0.417. The smallest absolute Gasteiger partial charge is 0.379 e. The lowest BCUT2D eigenvalue weighted by Gasteiger charge is -2.25. The highest BCUT2D eigenvalue weighted by atomic mass is 32.2. The molecule has 1 saturated heterocycles. The molecule has 20 heavy (non-hydrogen) atoms. The van der Waals surface area contributed by atoms with Crippen molar-refractivity contribution in [2.24, 2.45) is 0 Å². The molecule has 0 saturated carbocycles. The summed E-state index contributed by atoms with van der Waals surface area (Å²) in [5.41, 5.74) is 0.577. The number of carbonyl (C=O) groups is 1. The molecule has 1 N–H and O–H groups in total. The van der Waals surface area contributed by atoms with Crippen LogP contribution in [0.1, 0.15) is 6.92 Å². The van der Waals surface area contributed by atoms with E-state index in [2.05, 4.69) is 5.32 Å². The van der Waals surface area contributed by atoms with Gasteiger partial charge < -0.3 is 14.2 Å². The van der Waals surface area contributed by atoms with Gasteiger partial charge in [-0.1, -0.05) is 0 Å². The summed E-state index contributed by atoms with van der Waals surface area (Å²) in [5.74, 6) is 0.00482. The highest BCUT2D eigenvalue weighted by Gasteiger charge is 2.26. The van der Waals surface area contributed by atoms with Crippen LogP contribution in [0.3, 0.4) is 0 Å². The minimum Gasteiger partial charge on any atom is -0.379 e. The molecule has 0 atom stereocenters. The van der Waals surface area contributed by atoms with Crippen molar-refractivity contribution in [1.29, 1.82) is 0 Å². The Morgan fingerprint density at radius 2 is 1.85 bits per heavy atom. The van der Waals surface area contributed by atoms with Crippen LogP contribution in [0.2, 0.25) is 0 Å². The lowest BCUT2D eigenvalue weighted by Crippen LogP contribution is -2.42. The number of hydrogen-bond acceptors (Lipinski definition) is 5. The SMILES string of the molecule is CC(=O)Nc1ccc(OS(=O)(=O)N2CCOCC2)cc1. The maximum atomic E-state index is 12.0. The highest BCUT2D eigenvalue weighted by molar-refractivity contribution is 7.84. The van der Waals surface area contributed by atoms with Gasteiger partial charge in [0.15, 0.2) is 0 Å². The van der Waals surface area contributed by atoms with Gasteiger partial charge in [-0.2, -0.15) is 12.7 Å². The standard InChI is InChI=1S/C12H16N2O5S/c1-10(15)13-11-2-4-12(5-3-11)19-20(16,17)14-6-8-18-9-7-14/h2-5H,6-9H2,1H3,(H,13,15). The quantitative estimate of drug-likeness (QED) is 0.880. The van der Waals surface area contributed by atoms with Gasteiger partial charge in [0.25, 0.3) is 0 Å². The molecule has 8 heteroatoms. The average Bonchev–Trinajstić information content (AvgIpc) is 2.41. The van der Waals surface area contributed by atoms with Crippen LogP contribution in [0, 0.1) is 0 Å². The molecule has 7 nitrogen and oxygen atoms in total. The molecule has 1 fully saturated rings. The number of nitrogens with zero attached hydrogens (tertiary/aromatic N) is 1. The Morgan fingerprint density at radius 3 is 2.40 bits per heavy atom. The first-order chi connectivity index (χ1) is 9.47. The third-order valence-corrected chi connectivity index (χ3v) is 4.06. The van der Waals surface area contributed by atoms with Crippen LogP contribution in [0.5, 0.6) is 5.75 Å². The summed E-state index contributed by atoms with van der Waals surface area (Å²) in [6.45, 7) is 2.69. The summed E-state index contributed by atoms with van der Waals surface area (Å²) in [6, 6.07) is 6.13. The maximum absolute atomic E-state index is 12.0. The number of carbonyl (C=O) groups excluding carboxylic acids is 1. The highest BCUT2D eigenvalue weighted by Crippen LogP contribution is 2.19. The van der Waals surface area contributed by atoms with E-state index in [0.29, 0.717) is 18.9 Å². The minimum atomic E-state index is -3.81. The number of rotatable bonds is 4. The first-order valence-corrected chi connectivity index (χ1v) is 7.49. The molecule has 110 valence electrons. The Bertz CT molecular complexity index is 564. The molecular formula is C12H16N2O5S. The van der Waals surface area contributed by atoms with E-state index in [0.717, 1.165) is 0 Å². The van der Waals surface area contributed by atoms with E-state index < -0.39 is 10.3 Å². The van der Waals surface area contributed by atoms with Crippen molar-refractivity contribution in [2.75, 3.05) is 31.6 Å². The van der Waals surface area contributed by atoms with Gasteiger partial charge in [0.2, 0.25) is 5.91 Å². The molecule has 0 aromatic heterocycles. The van der Waals surface area contributed by atoms with E-state index >= 15 is 0 Å². The van der Waals surface area contributed by atoms with E-state index in [1.165, 1.54) is 23.4 Å². The molecule has 0 radical (unpaired) electrons. The molecule has 1 heterocycles. The third kappa shape index (κ3) is 3.92. The van der Waals surface area contributed by atoms with Crippen molar-refractivity contribution in [3.05, 3.63) is 24.3 Å². The Labute approximate surface area is 117 Å². The van der Waals surface area contributed by atoms with Crippen LogP contribution < -0.4 is 9.50 Å². The molecular weight excluding hydrogens is 284 g/mol. The largest absolute Gasteiger partial charge is 0.385 e. The van der Waals surface area contributed by atoms with E-state index in [-0.39, 0.29) is 24.7 Å². The molecule has 1 aliphatic heterocycles. The van der Waals surface area contributed by atoms with Crippen LogP contribution in [0.25, 0.3) is 0 Å². The molecule has 1 aromatic rings. The van der Waals surface area contributed by atoms with Gasteiger partial charge in [-0.05, 0) is 24.3 Å². The molecule has 0 bridgehead atoms. The van der Waals surface area contributed by atoms with Crippen LogP contribution in [0.4, 0.5) is 5.69 Å². The number of morpholine rings is 1.